The van der Waals surface area contributed by atoms with Crippen LogP contribution in [-0.4, -0.2) is 13.1 Å². The van der Waals surface area contributed by atoms with Gasteiger partial charge in [0, 0.05) is 0 Å². The van der Waals surface area contributed by atoms with Crippen molar-refractivity contribution in [2.45, 2.75) is 26.7 Å². The van der Waals surface area contributed by atoms with Gasteiger partial charge < -0.3 is 5.32 Å². The number of benzene rings is 1. The topological polar surface area (TPSA) is 12.0 Å². The van der Waals surface area contributed by atoms with Crippen molar-refractivity contribution in [3.05, 3.63) is 58.0 Å². The highest BCUT2D eigenvalue weighted by Crippen LogP contribution is 2.18. The maximum Gasteiger partial charge on any atom is 0.126 e. The SMILES string of the molecule is CC(C)CNCC(Cc1ccsc1)Cc1ccccc1F. The second-order valence-electron chi connectivity index (χ2n) is 6.05. The van der Waals surface area contributed by atoms with E-state index in [1.807, 2.05) is 12.1 Å². The Kier molecular flexibility index (Phi) is 6.40. The monoisotopic (exact) mass is 305 g/mol. The van der Waals surface area contributed by atoms with E-state index in [1.54, 1.807) is 23.5 Å². The molecule has 2 aromatic rings. The Balaban J connectivity index is 1.98. The van der Waals surface area contributed by atoms with E-state index in [9.17, 15) is 4.39 Å². The first-order valence-corrected chi connectivity index (χ1v) is 8.54. The van der Waals surface area contributed by atoms with Gasteiger partial charge in [-0.1, -0.05) is 32.0 Å². The first-order chi connectivity index (χ1) is 10.1. The van der Waals surface area contributed by atoms with E-state index in [1.165, 1.54) is 5.56 Å². The molecule has 1 atom stereocenters. The van der Waals surface area contributed by atoms with Crippen molar-refractivity contribution in [2.24, 2.45) is 11.8 Å². The van der Waals surface area contributed by atoms with Crippen LogP contribution in [0.15, 0.2) is 41.1 Å². The third-order valence-electron chi connectivity index (χ3n) is 3.56. The van der Waals surface area contributed by atoms with Gasteiger partial charge in [-0.3, -0.25) is 0 Å². The lowest BCUT2D eigenvalue weighted by Crippen LogP contribution is -2.29. The summed E-state index contributed by atoms with van der Waals surface area (Å²) >= 11 is 1.73. The van der Waals surface area contributed by atoms with Gasteiger partial charge in [0.15, 0.2) is 0 Å². The van der Waals surface area contributed by atoms with Gasteiger partial charge >= 0.3 is 0 Å². The summed E-state index contributed by atoms with van der Waals surface area (Å²) in [7, 11) is 0. The molecule has 0 saturated heterocycles. The van der Waals surface area contributed by atoms with E-state index >= 15 is 0 Å². The van der Waals surface area contributed by atoms with E-state index in [0.29, 0.717) is 11.8 Å². The van der Waals surface area contributed by atoms with Crippen LogP contribution in [0.2, 0.25) is 0 Å². The number of rotatable bonds is 8. The fraction of sp³-hybridized carbons (Fsp3) is 0.444. The molecule has 0 saturated carbocycles. The molecule has 0 spiro atoms. The Labute approximate surface area is 131 Å². The molecule has 1 nitrogen and oxygen atoms in total. The molecule has 1 heterocycles. The molecule has 0 bridgehead atoms. The van der Waals surface area contributed by atoms with Crippen LogP contribution in [0.4, 0.5) is 4.39 Å². The smallest absolute Gasteiger partial charge is 0.126 e. The van der Waals surface area contributed by atoms with Crippen LogP contribution in [0.1, 0.15) is 25.0 Å². The highest BCUT2D eigenvalue weighted by atomic mass is 32.1. The molecule has 2 rings (SSSR count). The summed E-state index contributed by atoms with van der Waals surface area (Å²) < 4.78 is 13.9. The summed E-state index contributed by atoms with van der Waals surface area (Å²) in [5, 5.41) is 7.82. The lowest BCUT2D eigenvalue weighted by Gasteiger charge is -2.18. The van der Waals surface area contributed by atoms with E-state index in [2.05, 4.69) is 36.0 Å². The molecule has 114 valence electrons. The molecule has 1 N–H and O–H groups in total. The average molecular weight is 305 g/mol. The average Bonchev–Trinajstić information content (AvgIpc) is 2.93. The number of hydrogen-bond acceptors (Lipinski definition) is 2. The van der Waals surface area contributed by atoms with Crippen LogP contribution in [0.5, 0.6) is 0 Å². The Morgan fingerprint density at radius 1 is 1.10 bits per heavy atom. The minimum atomic E-state index is -0.0864. The van der Waals surface area contributed by atoms with Gasteiger partial charge in [0.25, 0.3) is 0 Å². The molecule has 1 aromatic heterocycles. The molecule has 0 fully saturated rings. The predicted molar refractivity (Wildman–Crippen MR) is 89.3 cm³/mol. The first-order valence-electron chi connectivity index (χ1n) is 7.60. The maximum absolute atomic E-state index is 13.9. The first kappa shape index (κ1) is 16.2. The molecular weight excluding hydrogens is 281 g/mol. The molecule has 1 aromatic carbocycles. The minimum Gasteiger partial charge on any atom is -0.316 e. The van der Waals surface area contributed by atoms with Gasteiger partial charge in [0.1, 0.15) is 5.82 Å². The van der Waals surface area contributed by atoms with Crippen LogP contribution >= 0.6 is 11.3 Å². The number of halogens is 1. The van der Waals surface area contributed by atoms with Crippen LogP contribution in [-0.2, 0) is 12.8 Å². The lowest BCUT2D eigenvalue weighted by atomic mass is 9.93. The van der Waals surface area contributed by atoms with Gasteiger partial charge in [-0.2, -0.15) is 11.3 Å². The van der Waals surface area contributed by atoms with E-state index in [4.69, 9.17) is 0 Å². The summed E-state index contributed by atoms with van der Waals surface area (Å²) in [5.41, 5.74) is 2.18. The second-order valence-corrected chi connectivity index (χ2v) is 6.83. The summed E-state index contributed by atoms with van der Waals surface area (Å²) in [6, 6.07) is 9.30. The van der Waals surface area contributed by atoms with Crippen molar-refractivity contribution < 1.29 is 4.39 Å². The van der Waals surface area contributed by atoms with Crippen molar-refractivity contribution in [2.75, 3.05) is 13.1 Å². The van der Waals surface area contributed by atoms with Crippen molar-refractivity contribution in [3.8, 4) is 0 Å². The molecule has 1 unspecified atom stereocenters. The van der Waals surface area contributed by atoms with Crippen LogP contribution < -0.4 is 5.32 Å². The molecular formula is C18H24FNS. The number of thiophene rings is 1. The van der Waals surface area contributed by atoms with Crippen LogP contribution in [0.3, 0.4) is 0 Å². The lowest BCUT2D eigenvalue weighted by molar-refractivity contribution is 0.439. The quantitative estimate of drug-likeness (QED) is 0.755. The van der Waals surface area contributed by atoms with Crippen molar-refractivity contribution in [1.29, 1.82) is 0 Å². The van der Waals surface area contributed by atoms with Gasteiger partial charge in [0.2, 0.25) is 0 Å². The zero-order chi connectivity index (χ0) is 15.1. The van der Waals surface area contributed by atoms with Gasteiger partial charge in [-0.25, -0.2) is 4.39 Å². The second kappa shape index (κ2) is 8.30. The Morgan fingerprint density at radius 2 is 1.90 bits per heavy atom. The molecule has 0 aliphatic rings. The van der Waals surface area contributed by atoms with E-state index in [-0.39, 0.29) is 5.82 Å². The van der Waals surface area contributed by atoms with Crippen LogP contribution in [0.25, 0.3) is 0 Å². The van der Waals surface area contributed by atoms with Crippen molar-refractivity contribution in [3.63, 3.8) is 0 Å². The van der Waals surface area contributed by atoms with E-state index in [0.717, 1.165) is 31.5 Å². The summed E-state index contributed by atoms with van der Waals surface area (Å²) in [5.74, 6) is 0.979. The summed E-state index contributed by atoms with van der Waals surface area (Å²) in [6.07, 6.45) is 1.79. The van der Waals surface area contributed by atoms with Gasteiger partial charge in [-0.15, -0.1) is 0 Å². The third-order valence-corrected chi connectivity index (χ3v) is 4.29. The zero-order valence-electron chi connectivity index (χ0n) is 12.8. The number of nitrogens with one attached hydrogen (secondary N) is 1. The molecule has 0 amide bonds. The van der Waals surface area contributed by atoms with Crippen molar-refractivity contribution >= 4 is 11.3 Å². The highest BCUT2D eigenvalue weighted by molar-refractivity contribution is 7.07. The molecule has 0 aliphatic heterocycles. The van der Waals surface area contributed by atoms with E-state index < -0.39 is 0 Å². The Morgan fingerprint density at radius 3 is 2.57 bits per heavy atom. The maximum atomic E-state index is 13.9. The Hall–Kier alpha value is -1.19. The molecule has 0 radical (unpaired) electrons. The van der Waals surface area contributed by atoms with Gasteiger partial charge in [0.05, 0.1) is 0 Å². The zero-order valence-corrected chi connectivity index (χ0v) is 13.6. The number of hydrogen-bond donors (Lipinski definition) is 1. The third kappa shape index (κ3) is 5.60. The van der Waals surface area contributed by atoms with Crippen LogP contribution in [0, 0.1) is 17.7 Å². The minimum absolute atomic E-state index is 0.0864. The Bertz CT molecular complexity index is 522. The molecule has 3 heteroatoms. The summed E-state index contributed by atoms with van der Waals surface area (Å²) in [6.45, 7) is 6.36. The fourth-order valence-corrected chi connectivity index (χ4v) is 3.19. The standard InChI is InChI=1S/C18H24FNS/c1-14(2)11-20-12-16(9-15-7-8-21-13-15)10-17-5-3-4-6-18(17)19/h3-8,13-14,16,20H,9-12H2,1-2H3. The molecule has 21 heavy (non-hydrogen) atoms. The summed E-state index contributed by atoms with van der Waals surface area (Å²) in [4.78, 5) is 0. The molecule has 0 aliphatic carbocycles. The van der Waals surface area contributed by atoms with Gasteiger partial charge in [-0.05, 0) is 71.8 Å². The van der Waals surface area contributed by atoms with Crippen molar-refractivity contribution in [1.82, 2.24) is 5.32 Å². The fourth-order valence-electron chi connectivity index (χ4n) is 2.51. The largest absolute Gasteiger partial charge is 0.316 e. The highest BCUT2D eigenvalue weighted by Gasteiger charge is 2.13. The normalized spacial score (nSPS) is 12.8. The predicted octanol–water partition coefficient (Wildman–Crippen LogP) is 4.53.